The monoisotopic (exact) mass is 1500 g/mol. The summed E-state index contributed by atoms with van der Waals surface area (Å²) in [5.41, 5.74) is 3.85. The molecule has 0 spiro atoms. The number of fused-ring (bicyclic) bond motifs is 4. The van der Waals surface area contributed by atoms with Crippen molar-refractivity contribution in [1.29, 1.82) is 0 Å². The van der Waals surface area contributed by atoms with Crippen molar-refractivity contribution in [2.24, 2.45) is 16.2 Å². The van der Waals surface area contributed by atoms with E-state index in [2.05, 4.69) is 53.6 Å². The molecule has 29 nitrogen and oxygen atoms in total. The van der Waals surface area contributed by atoms with E-state index in [9.17, 15) is 68.0 Å². The Balaban J connectivity index is 0.730. The van der Waals surface area contributed by atoms with Crippen LogP contribution in [0.1, 0.15) is 161 Å². The molecule has 2 aromatic carbocycles. The van der Waals surface area contributed by atoms with Crippen LogP contribution in [-0.4, -0.2) is 183 Å². The number of thiazole rings is 1. The SMILES string of the molecule is CCC1(Cn2ncc(-c3ccc(N4CCc5cccc(C(=O)Nc6nc7ncccc7s6)c5C4)nc3C(=O)O)c2C)CC2(C)CC(C)(C)CC(OCCN(CCCP(=O)(O)O)C(=O)OC/C=C/c3ccc(O[C@H]4C[C@@H](O)C[C@@H](C(=O)O)O4)c(NC(=O)CCNC(=O)CCCCCN4C(=O)C=CC4=O)c3)(C2)C1. The Bertz CT molecular complexity index is 4370. The molecule has 6 aromatic rings. The van der Waals surface area contributed by atoms with Crippen molar-refractivity contribution < 1.29 is 87.0 Å². The summed E-state index contributed by atoms with van der Waals surface area (Å²) >= 11 is 1.34. The molecule has 2 bridgehead atoms. The second-order valence-electron chi connectivity index (χ2n) is 29.5. The molecule has 106 heavy (non-hydrogen) atoms. The number of aromatic carboxylic acids is 1. The van der Waals surface area contributed by atoms with E-state index >= 15 is 0 Å². The number of nitrogens with zero attached hydrogens (tertiary/aromatic N) is 8. The highest BCUT2D eigenvalue weighted by molar-refractivity contribution is 7.51. The molecular formula is C75H92N11O18PS. The van der Waals surface area contributed by atoms with Crippen molar-refractivity contribution in [3.8, 4) is 16.9 Å². The lowest BCUT2D eigenvalue weighted by molar-refractivity contribution is -0.198. The molecular weight excluding hydrogens is 1410 g/mol. The van der Waals surface area contributed by atoms with Gasteiger partial charge in [0.25, 0.3) is 17.7 Å². The third-order valence-corrected chi connectivity index (χ3v) is 22.2. The number of rotatable bonds is 32. The average Bonchev–Trinajstić information content (AvgIpc) is 1.02. The average molecular weight is 1500 g/mol. The summed E-state index contributed by atoms with van der Waals surface area (Å²) in [4.78, 5) is 140. The molecule has 566 valence electrons. The van der Waals surface area contributed by atoms with Crippen LogP contribution in [0.5, 0.6) is 5.75 Å². The van der Waals surface area contributed by atoms with E-state index in [-0.39, 0.29) is 129 Å². The van der Waals surface area contributed by atoms with Gasteiger partial charge in [-0.2, -0.15) is 10.1 Å². The summed E-state index contributed by atoms with van der Waals surface area (Å²) in [6.07, 6.45) is 10.8. The number of hydrogen-bond acceptors (Lipinski definition) is 20. The van der Waals surface area contributed by atoms with Crippen molar-refractivity contribution in [3.63, 3.8) is 0 Å². The van der Waals surface area contributed by atoms with Gasteiger partial charge in [0, 0.05) is 112 Å². The molecule has 7 heterocycles. The number of aliphatic hydroxyl groups is 1. The number of nitrogens with one attached hydrogen (secondary N) is 3. The number of amides is 6. The second-order valence-corrected chi connectivity index (χ2v) is 32.4. The number of aliphatic hydroxyl groups excluding tert-OH is 1. The number of unbranched alkanes of at least 4 members (excludes halogenated alkanes) is 2. The summed E-state index contributed by atoms with van der Waals surface area (Å²) in [6.45, 7) is 12.3. The van der Waals surface area contributed by atoms with Gasteiger partial charge in [0.15, 0.2) is 22.6 Å². The number of carbonyl (C=O) groups excluding carboxylic acids is 6. The van der Waals surface area contributed by atoms with E-state index in [4.69, 9.17) is 29.0 Å². The predicted molar refractivity (Wildman–Crippen MR) is 393 cm³/mol. The Kier molecular flexibility index (Phi) is 24.4. The van der Waals surface area contributed by atoms with Crippen molar-refractivity contribution in [2.75, 3.05) is 67.6 Å². The number of benzene rings is 2. The lowest BCUT2D eigenvalue weighted by Gasteiger charge is -2.62. The zero-order valence-electron chi connectivity index (χ0n) is 60.1. The van der Waals surface area contributed by atoms with Crippen molar-refractivity contribution >= 4 is 99.6 Å². The maximum absolute atomic E-state index is 14.1. The Morgan fingerprint density at radius 3 is 2.42 bits per heavy atom. The number of aliphatic carboxylic acids is 1. The first kappa shape index (κ1) is 77.8. The number of pyridine rings is 2. The molecule has 6 amide bonds. The molecule has 3 fully saturated rings. The van der Waals surface area contributed by atoms with Crippen molar-refractivity contribution in [2.45, 2.75) is 168 Å². The largest absolute Gasteiger partial charge is 0.479 e. The third-order valence-electron chi connectivity index (χ3n) is 20.3. The molecule has 1 saturated heterocycles. The molecule has 31 heteroatoms. The van der Waals surface area contributed by atoms with Gasteiger partial charge >= 0.3 is 25.6 Å². The zero-order valence-corrected chi connectivity index (χ0v) is 61.8. The minimum atomic E-state index is -4.44. The number of carbonyl (C=O) groups is 8. The number of carboxylic acids is 2. The van der Waals surface area contributed by atoms with E-state index in [1.807, 2.05) is 46.8 Å². The lowest BCUT2D eigenvalue weighted by Crippen LogP contribution is -2.58. The van der Waals surface area contributed by atoms with Gasteiger partial charge in [-0.25, -0.2) is 24.4 Å². The van der Waals surface area contributed by atoms with E-state index < -0.39 is 61.8 Å². The number of carboxylic acid groups (broad SMARTS) is 2. The predicted octanol–water partition coefficient (Wildman–Crippen LogP) is 9.91. The lowest BCUT2D eigenvalue weighted by atomic mass is 9.47. The standard InChI is InChI=1S/C75H92N11O18PS/c1-6-74(46-86-47(2)53(39-78-86)51-20-22-59(80-65(51)69(95)96)84-31-26-49-15-10-16-52(54(49)40-84)67(92)82-70-81-66-58(106-70)17-11-27-77-66)43-73(5)41-72(3,4)42-75(44-73,45-74)102-34-32-83(29-13-35-105(98,99)100)71(97)101-33-12-14-48-19-21-56(103-64-38-50(87)37-57(104-64)68(93)94)55(36-48)79-61(89)25-28-76-60(88)18-8-7-9-30-85-62(90)23-24-63(85)91/h10-12,14-17,19-24,27,36,39,50,57,64,87H,6-9,13,18,25-26,28-35,37-38,40-46H2,1-5H3,(H,76,88)(H,79,89)(H,93,94)(H,95,96)(H2,98,99,100)(H,77,81,82,92)/b14-12+/t50-,57-,64+,73?,74?,75?/m0/s1. The molecule has 3 unspecified atom stereocenters. The zero-order chi connectivity index (χ0) is 75.7. The van der Waals surface area contributed by atoms with Gasteiger partial charge in [0.05, 0.1) is 41.1 Å². The maximum Gasteiger partial charge on any atom is 0.410 e. The van der Waals surface area contributed by atoms with Gasteiger partial charge in [0.2, 0.25) is 18.1 Å². The Hall–Kier alpha value is -9.29. The summed E-state index contributed by atoms with van der Waals surface area (Å²) in [7, 11) is -4.44. The smallest absolute Gasteiger partial charge is 0.410 e. The fraction of sp³-hybridized carbons (Fsp3) is 0.493. The minimum absolute atomic E-state index is 0.0173. The quantitative estimate of drug-likeness (QED) is 0.0111. The van der Waals surface area contributed by atoms with Crippen LogP contribution >= 0.6 is 18.9 Å². The van der Waals surface area contributed by atoms with Crippen LogP contribution in [0.3, 0.4) is 0 Å². The molecule has 2 saturated carbocycles. The van der Waals surface area contributed by atoms with Gasteiger partial charge in [-0.1, -0.05) is 69.7 Å². The van der Waals surface area contributed by atoms with Gasteiger partial charge in [-0.15, -0.1) is 0 Å². The van der Waals surface area contributed by atoms with E-state index in [1.165, 1.54) is 34.5 Å². The number of aromatic nitrogens is 5. The Morgan fingerprint density at radius 2 is 1.67 bits per heavy atom. The molecule has 6 atom stereocenters. The van der Waals surface area contributed by atoms with Crippen LogP contribution in [0.4, 0.5) is 21.4 Å². The van der Waals surface area contributed by atoms with E-state index in [0.29, 0.717) is 97.0 Å². The highest BCUT2D eigenvalue weighted by Crippen LogP contribution is 2.64. The highest BCUT2D eigenvalue weighted by atomic mass is 32.1. The van der Waals surface area contributed by atoms with Crippen molar-refractivity contribution in [1.82, 2.24) is 39.8 Å². The van der Waals surface area contributed by atoms with Gasteiger partial charge in [-0.05, 0) is 153 Å². The first-order valence-corrected chi connectivity index (χ1v) is 38.5. The third kappa shape index (κ3) is 19.7. The molecule has 3 aliphatic heterocycles. The molecule has 8 N–H and O–H groups in total. The van der Waals surface area contributed by atoms with E-state index in [1.54, 1.807) is 48.8 Å². The summed E-state index contributed by atoms with van der Waals surface area (Å²) in [5, 5.41) is 44.8. The molecule has 2 aliphatic carbocycles. The fourth-order valence-corrected chi connectivity index (χ4v) is 17.7. The summed E-state index contributed by atoms with van der Waals surface area (Å²) < 4.78 is 39.5. The number of ether oxygens (including phenoxy) is 4. The van der Waals surface area contributed by atoms with Gasteiger partial charge in [-0.3, -0.25) is 43.4 Å². The molecule has 0 radical (unpaired) electrons. The Labute approximate surface area is 617 Å². The molecule has 5 aliphatic rings. The number of imide groups is 1. The summed E-state index contributed by atoms with van der Waals surface area (Å²) in [5.74, 6) is -3.81. The van der Waals surface area contributed by atoms with Crippen LogP contribution in [0, 0.1) is 23.2 Å². The first-order valence-electron chi connectivity index (χ1n) is 35.9. The van der Waals surface area contributed by atoms with E-state index in [0.717, 1.165) is 52.1 Å². The van der Waals surface area contributed by atoms with Crippen LogP contribution in [-0.2, 0) is 62.3 Å². The normalized spacial score (nSPS) is 21.9. The number of hydrogen-bond donors (Lipinski definition) is 8. The number of anilines is 3. The molecule has 11 rings (SSSR count). The minimum Gasteiger partial charge on any atom is -0.479 e. The molecule has 4 aromatic heterocycles. The van der Waals surface area contributed by atoms with Crippen LogP contribution in [0.15, 0.2) is 91.3 Å². The van der Waals surface area contributed by atoms with Crippen LogP contribution < -0.4 is 25.6 Å². The summed E-state index contributed by atoms with van der Waals surface area (Å²) in [6, 6.07) is 17.6. The highest BCUT2D eigenvalue weighted by Gasteiger charge is 2.59. The van der Waals surface area contributed by atoms with Crippen LogP contribution in [0.25, 0.3) is 27.6 Å². The Morgan fingerprint density at radius 1 is 0.868 bits per heavy atom. The van der Waals surface area contributed by atoms with Crippen molar-refractivity contribution in [3.05, 3.63) is 125 Å². The van der Waals surface area contributed by atoms with Crippen LogP contribution in [0.2, 0.25) is 0 Å². The maximum atomic E-state index is 14.1. The topological polar surface area (TPSA) is 394 Å². The fourth-order valence-electron chi connectivity index (χ4n) is 16.3. The van der Waals surface area contributed by atoms with Gasteiger partial charge < -0.3 is 64.5 Å². The second kappa shape index (κ2) is 33.2. The van der Waals surface area contributed by atoms with Gasteiger partial charge in [0.1, 0.15) is 18.2 Å². The first-order chi connectivity index (χ1) is 50.5.